The van der Waals surface area contributed by atoms with E-state index in [0.29, 0.717) is 5.92 Å². The van der Waals surface area contributed by atoms with Crippen LogP contribution in [0, 0.1) is 5.92 Å². The molecule has 0 bridgehead atoms. The van der Waals surface area contributed by atoms with Gasteiger partial charge in [-0.15, -0.1) is 0 Å². The Balaban J connectivity index is 2.34. The Bertz CT molecular complexity index is 179. The summed E-state index contributed by atoms with van der Waals surface area (Å²) in [6.07, 6.45) is 2.40. The lowest BCUT2D eigenvalue weighted by molar-refractivity contribution is -0.137. The summed E-state index contributed by atoms with van der Waals surface area (Å²) in [5.41, 5.74) is -1.25. The maximum atomic E-state index is 11.2. The number of aliphatic hydroxyl groups is 1. The van der Waals surface area contributed by atoms with E-state index in [1.165, 1.54) is 26.7 Å². The van der Waals surface area contributed by atoms with Gasteiger partial charge in [0.05, 0.1) is 0 Å². The minimum Gasteiger partial charge on any atom is -0.381 e. The number of amides is 1. The van der Waals surface area contributed by atoms with Crippen molar-refractivity contribution in [3.8, 4) is 0 Å². The summed E-state index contributed by atoms with van der Waals surface area (Å²) in [5, 5.41) is 12.1. The third-order valence-corrected chi connectivity index (χ3v) is 2.24. The maximum absolute atomic E-state index is 11.2. The predicted octanol–water partition coefficient (Wildman–Crippen LogP) is 0.672. The Labute approximate surface area is 73.2 Å². The minimum absolute atomic E-state index is 0.212. The lowest BCUT2D eigenvalue weighted by atomic mass is 10.1. The standard InChI is InChI=1S/C9H17NO2/c1-6(7-4-5-7)10-8(11)9(2,3)12/h6-7,12H,4-5H2,1-3H3,(H,10,11). The molecule has 1 saturated carbocycles. The van der Waals surface area contributed by atoms with Gasteiger partial charge in [0.2, 0.25) is 0 Å². The van der Waals surface area contributed by atoms with Crippen LogP contribution in [0.3, 0.4) is 0 Å². The second-order valence-corrected chi connectivity index (χ2v) is 4.16. The van der Waals surface area contributed by atoms with Crippen molar-refractivity contribution in [1.82, 2.24) is 5.32 Å². The number of nitrogens with one attached hydrogen (secondary N) is 1. The molecule has 3 heteroatoms. The van der Waals surface area contributed by atoms with Crippen LogP contribution >= 0.6 is 0 Å². The van der Waals surface area contributed by atoms with Crippen molar-refractivity contribution in [1.29, 1.82) is 0 Å². The summed E-state index contributed by atoms with van der Waals surface area (Å²) in [6.45, 7) is 4.99. The van der Waals surface area contributed by atoms with Crippen molar-refractivity contribution in [2.75, 3.05) is 0 Å². The van der Waals surface area contributed by atoms with Crippen molar-refractivity contribution in [3.05, 3.63) is 0 Å². The minimum atomic E-state index is -1.25. The van der Waals surface area contributed by atoms with E-state index in [-0.39, 0.29) is 11.9 Å². The van der Waals surface area contributed by atoms with E-state index < -0.39 is 5.60 Å². The van der Waals surface area contributed by atoms with Crippen LogP contribution in [0.2, 0.25) is 0 Å². The van der Waals surface area contributed by atoms with Crippen LogP contribution in [-0.2, 0) is 4.79 Å². The highest BCUT2D eigenvalue weighted by atomic mass is 16.3. The van der Waals surface area contributed by atoms with Gasteiger partial charge in [0.15, 0.2) is 0 Å². The first kappa shape index (κ1) is 9.52. The monoisotopic (exact) mass is 171 g/mol. The highest BCUT2D eigenvalue weighted by Gasteiger charge is 2.32. The molecule has 1 rings (SSSR count). The average Bonchev–Trinajstić information content (AvgIpc) is 2.65. The molecule has 0 heterocycles. The fraction of sp³-hybridized carbons (Fsp3) is 0.889. The quantitative estimate of drug-likeness (QED) is 0.655. The molecule has 0 saturated heterocycles. The number of hydrogen-bond acceptors (Lipinski definition) is 2. The first-order chi connectivity index (χ1) is 5.41. The molecule has 1 aliphatic carbocycles. The molecule has 1 aliphatic rings. The van der Waals surface area contributed by atoms with Crippen LogP contribution in [0.25, 0.3) is 0 Å². The van der Waals surface area contributed by atoms with Gasteiger partial charge in [-0.2, -0.15) is 0 Å². The van der Waals surface area contributed by atoms with E-state index in [1.807, 2.05) is 6.92 Å². The number of hydrogen-bond donors (Lipinski definition) is 2. The third kappa shape index (κ3) is 2.48. The molecule has 1 unspecified atom stereocenters. The van der Waals surface area contributed by atoms with Gasteiger partial charge in [0.1, 0.15) is 5.60 Å². The lowest BCUT2D eigenvalue weighted by Crippen LogP contribution is -2.46. The molecular formula is C9H17NO2. The molecule has 2 N–H and O–H groups in total. The van der Waals surface area contributed by atoms with Crippen molar-refractivity contribution in [2.24, 2.45) is 5.92 Å². The molecule has 70 valence electrons. The Morgan fingerprint density at radius 3 is 2.42 bits per heavy atom. The van der Waals surface area contributed by atoms with Gasteiger partial charge in [0.25, 0.3) is 5.91 Å². The first-order valence-corrected chi connectivity index (χ1v) is 4.44. The van der Waals surface area contributed by atoms with Gasteiger partial charge < -0.3 is 10.4 Å². The van der Waals surface area contributed by atoms with E-state index in [0.717, 1.165) is 0 Å². The highest BCUT2D eigenvalue weighted by molar-refractivity contribution is 5.84. The van der Waals surface area contributed by atoms with Crippen molar-refractivity contribution in [2.45, 2.75) is 45.3 Å². The smallest absolute Gasteiger partial charge is 0.251 e. The Kier molecular flexibility index (Phi) is 2.42. The molecule has 0 aliphatic heterocycles. The zero-order chi connectivity index (χ0) is 9.35. The topological polar surface area (TPSA) is 49.3 Å². The molecule has 1 atom stereocenters. The molecule has 1 fully saturated rings. The SMILES string of the molecule is CC(NC(=O)C(C)(C)O)C1CC1. The largest absolute Gasteiger partial charge is 0.381 e. The van der Waals surface area contributed by atoms with Crippen molar-refractivity contribution >= 4 is 5.91 Å². The molecule has 3 nitrogen and oxygen atoms in total. The van der Waals surface area contributed by atoms with E-state index in [1.54, 1.807) is 0 Å². The third-order valence-electron chi connectivity index (χ3n) is 2.24. The van der Waals surface area contributed by atoms with Gasteiger partial charge in [-0.25, -0.2) is 0 Å². The van der Waals surface area contributed by atoms with Crippen LogP contribution < -0.4 is 5.32 Å². The molecule has 0 radical (unpaired) electrons. The number of carbonyl (C=O) groups excluding carboxylic acids is 1. The molecule has 0 aromatic rings. The highest BCUT2D eigenvalue weighted by Crippen LogP contribution is 2.32. The second-order valence-electron chi connectivity index (χ2n) is 4.16. The Morgan fingerprint density at radius 2 is 2.08 bits per heavy atom. The van der Waals surface area contributed by atoms with Gasteiger partial charge >= 0.3 is 0 Å². The van der Waals surface area contributed by atoms with Crippen LogP contribution in [0.15, 0.2) is 0 Å². The first-order valence-electron chi connectivity index (χ1n) is 4.44. The fourth-order valence-electron chi connectivity index (χ4n) is 1.10. The molecule has 0 spiro atoms. The van der Waals surface area contributed by atoms with Crippen molar-refractivity contribution < 1.29 is 9.90 Å². The van der Waals surface area contributed by atoms with Gasteiger partial charge in [-0.05, 0) is 39.5 Å². The van der Waals surface area contributed by atoms with E-state index in [2.05, 4.69) is 5.32 Å². The Hall–Kier alpha value is -0.570. The second kappa shape index (κ2) is 3.05. The maximum Gasteiger partial charge on any atom is 0.251 e. The van der Waals surface area contributed by atoms with Gasteiger partial charge in [-0.3, -0.25) is 4.79 Å². The summed E-state index contributed by atoms with van der Waals surface area (Å²) in [5.74, 6) is 0.359. The summed E-state index contributed by atoms with van der Waals surface area (Å²) in [6, 6.07) is 0.212. The normalized spacial score (nSPS) is 20.3. The van der Waals surface area contributed by atoms with Gasteiger partial charge in [0, 0.05) is 6.04 Å². The van der Waals surface area contributed by atoms with Crippen LogP contribution in [0.4, 0.5) is 0 Å². The molecular weight excluding hydrogens is 154 g/mol. The van der Waals surface area contributed by atoms with Crippen LogP contribution in [0.5, 0.6) is 0 Å². The summed E-state index contributed by atoms with van der Waals surface area (Å²) >= 11 is 0. The summed E-state index contributed by atoms with van der Waals surface area (Å²) in [7, 11) is 0. The van der Waals surface area contributed by atoms with Crippen LogP contribution in [0.1, 0.15) is 33.6 Å². The molecule has 12 heavy (non-hydrogen) atoms. The van der Waals surface area contributed by atoms with E-state index in [9.17, 15) is 9.90 Å². The van der Waals surface area contributed by atoms with E-state index in [4.69, 9.17) is 0 Å². The fourth-order valence-corrected chi connectivity index (χ4v) is 1.10. The summed E-state index contributed by atoms with van der Waals surface area (Å²) in [4.78, 5) is 11.2. The number of carbonyl (C=O) groups is 1. The molecule has 1 amide bonds. The lowest BCUT2D eigenvalue weighted by Gasteiger charge is -2.20. The number of rotatable bonds is 3. The summed E-state index contributed by atoms with van der Waals surface area (Å²) < 4.78 is 0. The van der Waals surface area contributed by atoms with E-state index >= 15 is 0 Å². The molecule has 0 aromatic heterocycles. The zero-order valence-electron chi connectivity index (χ0n) is 7.92. The van der Waals surface area contributed by atoms with Gasteiger partial charge in [-0.1, -0.05) is 0 Å². The molecule has 0 aromatic carbocycles. The average molecular weight is 171 g/mol. The van der Waals surface area contributed by atoms with Crippen LogP contribution in [-0.4, -0.2) is 22.7 Å². The predicted molar refractivity (Wildman–Crippen MR) is 46.6 cm³/mol. The zero-order valence-corrected chi connectivity index (χ0v) is 7.92. The van der Waals surface area contributed by atoms with Crippen molar-refractivity contribution in [3.63, 3.8) is 0 Å². The Morgan fingerprint density at radius 1 is 1.58 bits per heavy atom.